The minimum absolute atomic E-state index is 0.225. The van der Waals surface area contributed by atoms with Crippen LogP contribution in [0.4, 0.5) is 5.69 Å². The van der Waals surface area contributed by atoms with E-state index >= 15 is 0 Å². The molecule has 120 valence electrons. The zero-order valence-corrected chi connectivity index (χ0v) is 14.8. The fourth-order valence-corrected chi connectivity index (χ4v) is 2.85. The Balaban J connectivity index is 2.70. The Morgan fingerprint density at radius 1 is 1.38 bits per heavy atom. The van der Waals surface area contributed by atoms with E-state index in [0.29, 0.717) is 6.04 Å². The van der Waals surface area contributed by atoms with E-state index in [0.717, 1.165) is 37.1 Å². The molecule has 21 heavy (non-hydrogen) atoms. The molecule has 0 radical (unpaired) electrons. The lowest BCUT2D eigenvalue weighted by Gasteiger charge is -2.30. The van der Waals surface area contributed by atoms with Crippen molar-refractivity contribution in [3.8, 4) is 0 Å². The van der Waals surface area contributed by atoms with Gasteiger partial charge in [-0.15, -0.1) is 0 Å². The van der Waals surface area contributed by atoms with E-state index in [1.165, 1.54) is 11.3 Å². The van der Waals surface area contributed by atoms with Crippen LogP contribution in [0.15, 0.2) is 22.7 Å². The summed E-state index contributed by atoms with van der Waals surface area (Å²) in [5.74, 6) is 0. The van der Waals surface area contributed by atoms with Crippen LogP contribution in [0.1, 0.15) is 25.8 Å². The number of aliphatic hydroxyl groups excluding tert-OH is 1. The zero-order valence-electron chi connectivity index (χ0n) is 13.2. The third kappa shape index (κ3) is 6.34. The number of ether oxygens (including phenoxy) is 1. The highest BCUT2D eigenvalue weighted by Crippen LogP contribution is 2.29. The van der Waals surface area contributed by atoms with E-state index < -0.39 is 0 Å². The highest BCUT2D eigenvalue weighted by molar-refractivity contribution is 9.10. The summed E-state index contributed by atoms with van der Waals surface area (Å²) in [6.07, 6.45) is 0.783. The number of methoxy groups -OCH3 is 1. The van der Waals surface area contributed by atoms with Crippen LogP contribution in [0.5, 0.6) is 0 Å². The second-order valence-corrected chi connectivity index (χ2v) is 6.17. The number of aliphatic hydroxyl groups is 1. The molecule has 4 nitrogen and oxygen atoms in total. The molecule has 0 aliphatic heterocycles. The first-order valence-corrected chi connectivity index (χ1v) is 8.25. The number of nitrogens with zero attached hydrogens (tertiary/aromatic N) is 1. The van der Waals surface area contributed by atoms with Crippen molar-refractivity contribution in [2.75, 3.05) is 38.3 Å². The molecule has 0 atom stereocenters. The van der Waals surface area contributed by atoms with Crippen molar-refractivity contribution < 1.29 is 9.84 Å². The molecule has 0 saturated carbocycles. The van der Waals surface area contributed by atoms with Gasteiger partial charge in [0.2, 0.25) is 0 Å². The molecule has 0 fully saturated rings. The van der Waals surface area contributed by atoms with Crippen LogP contribution in [0, 0.1) is 0 Å². The van der Waals surface area contributed by atoms with Crippen LogP contribution in [0.3, 0.4) is 0 Å². The predicted molar refractivity (Wildman–Crippen MR) is 91.9 cm³/mol. The van der Waals surface area contributed by atoms with Gasteiger partial charge in [0.05, 0.1) is 12.3 Å². The Bertz CT molecular complexity index is 413. The van der Waals surface area contributed by atoms with Gasteiger partial charge in [-0.3, -0.25) is 0 Å². The Kier molecular flexibility index (Phi) is 8.92. The Labute approximate surface area is 136 Å². The molecule has 5 heteroatoms. The van der Waals surface area contributed by atoms with Gasteiger partial charge in [-0.2, -0.15) is 0 Å². The summed E-state index contributed by atoms with van der Waals surface area (Å²) in [7, 11) is 1.71. The third-order valence-electron chi connectivity index (χ3n) is 3.31. The summed E-state index contributed by atoms with van der Waals surface area (Å²) >= 11 is 3.67. The summed E-state index contributed by atoms with van der Waals surface area (Å²) in [6.45, 7) is 7.83. The molecular formula is C16H27BrN2O2. The number of anilines is 1. The predicted octanol–water partition coefficient (Wildman–Crippen LogP) is 2.78. The maximum absolute atomic E-state index is 9.04. The van der Waals surface area contributed by atoms with E-state index in [-0.39, 0.29) is 6.61 Å². The van der Waals surface area contributed by atoms with Crippen LogP contribution in [0.25, 0.3) is 0 Å². The lowest BCUT2D eigenvalue weighted by Crippen LogP contribution is -2.32. The fraction of sp³-hybridized carbons (Fsp3) is 0.625. The molecule has 0 aliphatic carbocycles. The van der Waals surface area contributed by atoms with Crippen molar-refractivity contribution in [3.63, 3.8) is 0 Å². The molecular weight excluding hydrogens is 332 g/mol. The minimum Gasteiger partial charge on any atom is -0.396 e. The van der Waals surface area contributed by atoms with Crippen LogP contribution in [-0.2, 0) is 11.3 Å². The summed E-state index contributed by atoms with van der Waals surface area (Å²) in [5.41, 5.74) is 2.42. The Morgan fingerprint density at radius 3 is 2.71 bits per heavy atom. The second kappa shape index (κ2) is 10.2. The van der Waals surface area contributed by atoms with Crippen LogP contribution in [-0.4, -0.2) is 44.6 Å². The first-order valence-electron chi connectivity index (χ1n) is 7.45. The normalized spacial score (nSPS) is 11.1. The monoisotopic (exact) mass is 358 g/mol. The number of rotatable bonds is 10. The van der Waals surface area contributed by atoms with Gasteiger partial charge in [-0.25, -0.2) is 0 Å². The van der Waals surface area contributed by atoms with Crippen LogP contribution in [0.2, 0.25) is 0 Å². The molecule has 1 rings (SSSR count). The van der Waals surface area contributed by atoms with Gasteiger partial charge in [-0.1, -0.05) is 6.07 Å². The molecule has 1 aromatic rings. The zero-order chi connectivity index (χ0) is 15.7. The van der Waals surface area contributed by atoms with Gasteiger partial charge in [0, 0.05) is 43.9 Å². The third-order valence-corrected chi connectivity index (χ3v) is 3.95. The van der Waals surface area contributed by atoms with Gasteiger partial charge >= 0.3 is 0 Å². The largest absolute Gasteiger partial charge is 0.396 e. The molecule has 0 aliphatic rings. The first-order chi connectivity index (χ1) is 10.1. The van der Waals surface area contributed by atoms with Crippen molar-refractivity contribution in [3.05, 3.63) is 28.2 Å². The first kappa shape index (κ1) is 18.4. The number of benzene rings is 1. The summed E-state index contributed by atoms with van der Waals surface area (Å²) in [6, 6.07) is 6.85. The van der Waals surface area contributed by atoms with Crippen molar-refractivity contribution >= 4 is 21.6 Å². The summed E-state index contributed by atoms with van der Waals surface area (Å²) in [4.78, 5) is 2.31. The molecule has 2 N–H and O–H groups in total. The maximum atomic E-state index is 9.04. The lowest BCUT2D eigenvalue weighted by atomic mass is 10.1. The van der Waals surface area contributed by atoms with Gasteiger partial charge in [0.15, 0.2) is 0 Å². The Morgan fingerprint density at radius 2 is 2.14 bits per heavy atom. The average Bonchev–Trinajstić information content (AvgIpc) is 2.45. The number of hydrogen-bond donors (Lipinski definition) is 2. The fourth-order valence-electron chi connectivity index (χ4n) is 2.20. The molecule has 0 aromatic heterocycles. The number of halogens is 1. The number of hydrogen-bond acceptors (Lipinski definition) is 4. The SMILES string of the molecule is COCCNCc1ccc(N(CCCO)C(C)C)c(Br)c1. The smallest absolute Gasteiger partial charge is 0.0587 e. The molecule has 0 unspecified atom stereocenters. The molecule has 0 spiro atoms. The van der Waals surface area contributed by atoms with Crippen molar-refractivity contribution in [2.24, 2.45) is 0 Å². The minimum atomic E-state index is 0.225. The summed E-state index contributed by atoms with van der Waals surface area (Å²) < 4.78 is 6.12. The van der Waals surface area contributed by atoms with Gasteiger partial charge in [0.25, 0.3) is 0 Å². The van der Waals surface area contributed by atoms with Gasteiger partial charge < -0.3 is 20.1 Å². The number of nitrogens with one attached hydrogen (secondary N) is 1. The quantitative estimate of drug-likeness (QED) is 0.631. The van der Waals surface area contributed by atoms with Gasteiger partial charge in [-0.05, 0) is 53.9 Å². The van der Waals surface area contributed by atoms with Crippen LogP contribution >= 0.6 is 15.9 Å². The van der Waals surface area contributed by atoms with Crippen LogP contribution < -0.4 is 10.2 Å². The van der Waals surface area contributed by atoms with E-state index in [4.69, 9.17) is 9.84 Å². The molecule has 1 aromatic carbocycles. The maximum Gasteiger partial charge on any atom is 0.0587 e. The van der Waals surface area contributed by atoms with Crippen molar-refractivity contribution in [1.82, 2.24) is 5.32 Å². The average molecular weight is 359 g/mol. The topological polar surface area (TPSA) is 44.7 Å². The summed E-state index contributed by atoms with van der Waals surface area (Å²) in [5, 5.41) is 12.4. The molecule has 0 heterocycles. The lowest BCUT2D eigenvalue weighted by molar-refractivity contribution is 0.199. The second-order valence-electron chi connectivity index (χ2n) is 5.32. The molecule has 0 bridgehead atoms. The standard InChI is InChI=1S/C16H27BrN2O2/c1-13(2)19(8-4-9-20)16-6-5-14(11-15(16)17)12-18-7-10-21-3/h5-6,11,13,18,20H,4,7-10,12H2,1-3H3. The van der Waals surface area contributed by atoms with Crippen molar-refractivity contribution in [1.29, 1.82) is 0 Å². The highest BCUT2D eigenvalue weighted by atomic mass is 79.9. The highest BCUT2D eigenvalue weighted by Gasteiger charge is 2.13. The van der Waals surface area contributed by atoms with Crippen molar-refractivity contribution in [2.45, 2.75) is 32.9 Å². The van der Waals surface area contributed by atoms with E-state index in [2.05, 4.69) is 58.2 Å². The van der Waals surface area contributed by atoms with Gasteiger partial charge in [0.1, 0.15) is 0 Å². The molecule has 0 saturated heterocycles. The van der Waals surface area contributed by atoms with E-state index in [9.17, 15) is 0 Å². The Hall–Kier alpha value is -0.620. The molecule has 0 amide bonds. The van der Waals surface area contributed by atoms with E-state index in [1.807, 2.05) is 0 Å². The van der Waals surface area contributed by atoms with E-state index in [1.54, 1.807) is 7.11 Å².